The Labute approximate surface area is 65.6 Å². The summed E-state index contributed by atoms with van der Waals surface area (Å²) in [5.41, 5.74) is 0. The van der Waals surface area contributed by atoms with Crippen LogP contribution in [0.4, 0.5) is 0 Å². The minimum absolute atomic E-state index is 1.36. The van der Waals surface area contributed by atoms with Crippen LogP contribution in [0.3, 0.4) is 0 Å². The molecule has 0 spiro atoms. The van der Waals surface area contributed by atoms with E-state index in [0.29, 0.717) is 0 Å². The molecule has 0 amide bonds. The molecule has 0 heterocycles. The predicted octanol–water partition coefficient (Wildman–Crippen LogP) is 2.35. The van der Waals surface area contributed by atoms with Gasteiger partial charge in [-0.1, -0.05) is 39.5 Å². The molecule has 0 radical (unpaired) electrons. The molecule has 0 aliphatic carbocycles. The Morgan fingerprint density at radius 3 is 1.33 bits per heavy atom. The quantitative estimate of drug-likeness (QED) is 0.476. The molecule has 0 fully saturated rings. The molecule has 0 saturated carbocycles. The Bertz CT molecular complexity index is 63.5. The van der Waals surface area contributed by atoms with Crippen LogP contribution < -0.4 is 0 Å². The van der Waals surface area contributed by atoms with Crippen LogP contribution in [-0.4, -0.2) is 0 Å². The van der Waals surface area contributed by atoms with Crippen LogP contribution in [-0.2, 0) is 25.7 Å². The van der Waals surface area contributed by atoms with Crippen LogP contribution in [0.15, 0.2) is 0 Å². The summed E-state index contributed by atoms with van der Waals surface area (Å²) in [4.78, 5) is 0. The van der Waals surface area contributed by atoms with Crippen molar-refractivity contribution in [3.63, 3.8) is 0 Å². The van der Waals surface area contributed by atoms with Gasteiger partial charge < -0.3 is 0 Å². The van der Waals surface area contributed by atoms with Crippen molar-refractivity contribution < 1.29 is 25.7 Å². The number of rotatable bonds is 3. The summed E-state index contributed by atoms with van der Waals surface area (Å²) in [6.07, 6.45) is 5.54. The Hall–Kier alpha value is 0.314. The molecule has 9 heavy (non-hydrogen) atoms. The van der Waals surface area contributed by atoms with Gasteiger partial charge in [-0.25, -0.2) is 0 Å². The average Bonchev–Trinajstić information content (AvgIpc) is 1.86. The van der Waals surface area contributed by atoms with E-state index in [9.17, 15) is 0 Å². The second kappa shape index (κ2) is 15.7. The molecule has 0 unspecified atom stereocenters. The van der Waals surface area contributed by atoms with E-state index in [1.807, 2.05) is 0 Å². The summed E-state index contributed by atoms with van der Waals surface area (Å²) in [5, 5.41) is 0. The third kappa shape index (κ3) is 30.2. The third-order valence-corrected chi connectivity index (χ3v) is 0.957. The van der Waals surface area contributed by atoms with Crippen LogP contribution in [0.2, 0.25) is 0 Å². The molecule has 3 heteroatoms. The Kier molecular flexibility index (Phi) is 21.1. The summed E-state index contributed by atoms with van der Waals surface area (Å²) < 4.78 is 17.0. The first-order valence-corrected chi connectivity index (χ1v) is 4.60. The van der Waals surface area contributed by atoms with Gasteiger partial charge in [0.15, 0.2) is 0 Å². The van der Waals surface area contributed by atoms with E-state index < -0.39 is 19.1 Å². The second-order valence-corrected chi connectivity index (χ2v) is 2.05. The van der Waals surface area contributed by atoms with Crippen molar-refractivity contribution in [2.45, 2.75) is 39.5 Å². The van der Waals surface area contributed by atoms with E-state index in [1.54, 1.807) is 0 Å². The van der Waals surface area contributed by atoms with Gasteiger partial charge >= 0.3 is 25.7 Å². The van der Waals surface area contributed by atoms with Crippen molar-refractivity contribution in [3.05, 3.63) is 0 Å². The first kappa shape index (κ1) is 12.0. The monoisotopic (exact) mass is 166 g/mol. The summed E-state index contributed by atoms with van der Waals surface area (Å²) >= 11 is -2.00. The second-order valence-electron chi connectivity index (χ2n) is 1.79. The number of hydrogen-bond acceptors (Lipinski definition) is 2. The Balaban J connectivity index is 0. The van der Waals surface area contributed by atoms with Crippen LogP contribution in [0, 0.1) is 0 Å². The first-order valence-electron chi connectivity index (χ1n) is 3.32. The van der Waals surface area contributed by atoms with Gasteiger partial charge in [-0.05, 0) is 0 Å². The molecule has 0 aromatic rings. The minimum atomic E-state index is -2.00. The van der Waals surface area contributed by atoms with E-state index in [0.717, 1.165) is 0 Å². The zero-order valence-corrected chi connectivity index (χ0v) is 7.71. The fourth-order valence-corrected chi connectivity index (χ4v) is 0.500. The van der Waals surface area contributed by atoms with Gasteiger partial charge in [0.1, 0.15) is 0 Å². The molecule has 0 aliphatic heterocycles. The van der Waals surface area contributed by atoms with Crippen molar-refractivity contribution in [1.29, 1.82) is 0 Å². The SMILES string of the molecule is CCCCCC.[O]=[Ti]=[O]. The Morgan fingerprint density at radius 1 is 1.00 bits per heavy atom. The first-order chi connectivity index (χ1) is 4.33. The number of unbranched alkanes of at least 4 members (excludes halogenated alkanes) is 3. The molecular formula is C6H14O2Ti. The van der Waals surface area contributed by atoms with Crippen molar-refractivity contribution in [1.82, 2.24) is 0 Å². The van der Waals surface area contributed by atoms with Crippen LogP contribution >= 0.6 is 0 Å². The zero-order valence-electron chi connectivity index (χ0n) is 6.14. The van der Waals surface area contributed by atoms with Crippen molar-refractivity contribution >= 4 is 0 Å². The fourth-order valence-electron chi connectivity index (χ4n) is 0.500. The topological polar surface area (TPSA) is 34.1 Å². The van der Waals surface area contributed by atoms with Gasteiger partial charge in [-0.15, -0.1) is 0 Å². The van der Waals surface area contributed by atoms with E-state index in [4.69, 9.17) is 6.65 Å². The van der Waals surface area contributed by atoms with Crippen LogP contribution in [0.25, 0.3) is 0 Å². The molecule has 0 aromatic heterocycles. The number of hydrogen-bond donors (Lipinski definition) is 0. The maximum atomic E-state index is 8.50. The van der Waals surface area contributed by atoms with Gasteiger partial charge in [-0.3, -0.25) is 0 Å². The molecule has 0 bridgehead atoms. The van der Waals surface area contributed by atoms with Gasteiger partial charge in [0.2, 0.25) is 0 Å². The molecule has 0 aliphatic rings. The van der Waals surface area contributed by atoms with E-state index in [-0.39, 0.29) is 0 Å². The zero-order chi connectivity index (χ0) is 7.54. The van der Waals surface area contributed by atoms with Gasteiger partial charge in [-0.2, -0.15) is 0 Å². The molecule has 2 nitrogen and oxygen atoms in total. The summed E-state index contributed by atoms with van der Waals surface area (Å²) in [6.45, 7) is 4.46. The van der Waals surface area contributed by atoms with E-state index >= 15 is 0 Å². The van der Waals surface area contributed by atoms with Crippen molar-refractivity contribution in [2.75, 3.05) is 0 Å². The standard InChI is InChI=1S/C6H14.2O.Ti/c1-3-5-6-4-2;;;/h3-6H2,1-2H3;;;. The molecule has 0 rings (SSSR count). The third-order valence-electron chi connectivity index (χ3n) is 0.957. The van der Waals surface area contributed by atoms with Gasteiger partial charge in [0.05, 0.1) is 0 Å². The normalized spacial score (nSPS) is 6.89. The predicted molar refractivity (Wildman–Crippen MR) is 31.2 cm³/mol. The molecule has 0 saturated heterocycles. The van der Waals surface area contributed by atoms with Gasteiger partial charge in [0.25, 0.3) is 0 Å². The molecule has 54 valence electrons. The summed E-state index contributed by atoms with van der Waals surface area (Å²) in [6, 6.07) is 0. The molecule has 0 atom stereocenters. The van der Waals surface area contributed by atoms with Gasteiger partial charge in [0, 0.05) is 0 Å². The van der Waals surface area contributed by atoms with Crippen molar-refractivity contribution in [3.8, 4) is 0 Å². The molecule has 0 aromatic carbocycles. The molecular weight excluding hydrogens is 152 g/mol. The van der Waals surface area contributed by atoms with E-state index in [2.05, 4.69) is 13.8 Å². The van der Waals surface area contributed by atoms with Crippen molar-refractivity contribution in [2.24, 2.45) is 0 Å². The average molecular weight is 166 g/mol. The maximum absolute atomic E-state index is 8.50. The summed E-state index contributed by atoms with van der Waals surface area (Å²) in [5.74, 6) is 0. The van der Waals surface area contributed by atoms with E-state index in [1.165, 1.54) is 25.7 Å². The van der Waals surface area contributed by atoms with Crippen LogP contribution in [0.5, 0.6) is 0 Å². The fraction of sp³-hybridized carbons (Fsp3) is 1.00. The Morgan fingerprint density at radius 2 is 1.22 bits per heavy atom. The summed E-state index contributed by atoms with van der Waals surface area (Å²) in [7, 11) is 0. The van der Waals surface area contributed by atoms with Crippen LogP contribution in [0.1, 0.15) is 39.5 Å². The molecule has 0 N–H and O–H groups in total.